The molecular weight excluding hydrogens is 456 g/mol. The zero-order valence-corrected chi connectivity index (χ0v) is 19.8. The van der Waals surface area contributed by atoms with Crippen molar-refractivity contribution in [2.24, 2.45) is 5.92 Å². The van der Waals surface area contributed by atoms with Gasteiger partial charge in [0.05, 0.1) is 12.2 Å². The van der Waals surface area contributed by atoms with Gasteiger partial charge in [0.2, 0.25) is 5.91 Å². The third kappa shape index (κ3) is 4.57. The molecule has 7 nitrogen and oxygen atoms in total. The average Bonchev–Trinajstić information content (AvgIpc) is 3.42. The Bertz CT molecular complexity index is 1050. The SMILES string of the molecule is CCOC(=O)c1c(NC(=O)C2CCN(S(=O)(=O)c3cccs3)CC2)sc2c1CCCC2. The molecule has 0 saturated carbocycles. The van der Waals surface area contributed by atoms with Crippen LogP contribution in [0, 0.1) is 5.92 Å². The molecule has 0 spiro atoms. The first-order chi connectivity index (χ1) is 14.9. The van der Waals surface area contributed by atoms with Gasteiger partial charge in [-0.25, -0.2) is 13.2 Å². The average molecular weight is 483 g/mol. The fourth-order valence-electron chi connectivity index (χ4n) is 4.18. The van der Waals surface area contributed by atoms with Gasteiger partial charge in [0, 0.05) is 23.9 Å². The second kappa shape index (κ2) is 9.40. The fraction of sp³-hybridized carbons (Fsp3) is 0.524. The molecule has 1 aliphatic carbocycles. The molecule has 1 N–H and O–H groups in total. The number of sulfonamides is 1. The lowest BCUT2D eigenvalue weighted by atomic mass is 9.95. The normalized spacial score (nSPS) is 17.8. The molecule has 0 aromatic carbocycles. The quantitative estimate of drug-likeness (QED) is 0.631. The minimum Gasteiger partial charge on any atom is -0.462 e. The van der Waals surface area contributed by atoms with Gasteiger partial charge in [0.1, 0.15) is 9.21 Å². The molecule has 2 aliphatic rings. The van der Waals surface area contributed by atoms with Crippen molar-refractivity contribution in [2.45, 2.75) is 49.7 Å². The zero-order valence-electron chi connectivity index (χ0n) is 17.4. The Hall–Kier alpha value is -1.75. The standard InChI is InChI=1S/C21H26N2O5S3/c1-2-28-21(25)18-15-6-3-4-7-16(15)30-20(18)22-19(24)14-9-11-23(12-10-14)31(26,27)17-8-5-13-29-17/h5,8,13-14H,2-4,6-7,9-12H2,1H3,(H,22,24). The lowest BCUT2D eigenvalue weighted by Crippen LogP contribution is -2.41. The second-order valence-corrected chi connectivity index (χ2v) is 12.0. The molecule has 168 valence electrons. The van der Waals surface area contributed by atoms with E-state index in [9.17, 15) is 18.0 Å². The maximum Gasteiger partial charge on any atom is 0.341 e. The number of nitrogens with one attached hydrogen (secondary N) is 1. The highest BCUT2D eigenvalue weighted by Gasteiger charge is 2.34. The van der Waals surface area contributed by atoms with Gasteiger partial charge in [0.15, 0.2) is 0 Å². The summed E-state index contributed by atoms with van der Waals surface area (Å²) in [5.41, 5.74) is 1.52. The van der Waals surface area contributed by atoms with E-state index in [0.29, 0.717) is 40.7 Å². The first kappa shape index (κ1) is 22.4. The van der Waals surface area contributed by atoms with E-state index in [4.69, 9.17) is 4.74 Å². The number of ether oxygens (including phenoxy) is 1. The van der Waals surface area contributed by atoms with Crippen molar-refractivity contribution < 1.29 is 22.7 Å². The third-order valence-corrected chi connectivity index (χ3v) is 10.3. The predicted octanol–water partition coefficient (Wildman–Crippen LogP) is 3.90. The number of aryl methyl sites for hydroxylation is 1. The first-order valence-corrected chi connectivity index (χ1v) is 13.7. The highest BCUT2D eigenvalue weighted by atomic mass is 32.2. The van der Waals surface area contributed by atoms with Gasteiger partial charge in [-0.05, 0) is 62.5 Å². The number of anilines is 1. The summed E-state index contributed by atoms with van der Waals surface area (Å²) in [6.45, 7) is 2.68. The molecule has 1 amide bonds. The summed E-state index contributed by atoms with van der Waals surface area (Å²) >= 11 is 2.68. The maximum atomic E-state index is 13.0. The maximum absolute atomic E-state index is 13.0. The van der Waals surface area contributed by atoms with Gasteiger partial charge < -0.3 is 10.1 Å². The molecule has 1 aliphatic heterocycles. The number of hydrogen-bond acceptors (Lipinski definition) is 7. The van der Waals surface area contributed by atoms with Crippen molar-refractivity contribution in [2.75, 3.05) is 25.0 Å². The summed E-state index contributed by atoms with van der Waals surface area (Å²) < 4.78 is 32.4. The molecule has 3 heterocycles. The summed E-state index contributed by atoms with van der Waals surface area (Å²) in [4.78, 5) is 26.7. The van der Waals surface area contributed by atoms with Gasteiger partial charge in [-0.15, -0.1) is 22.7 Å². The van der Waals surface area contributed by atoms with Crippen LogP contribution in [0.1, 0.15) is 53.4 Å². The smallest absolute Gasteiger partial charge is 0.341 e. The number of fused-ring (bicyclic) bond motifs is 1. The molecule has 2 aromatic heterocycles. The van der Waals surface area contributed by atoms with Crippen LogP contribution < -0.4 is 5.32 Å². The van der Waals surface area contributed by atoms with Gasteiger partial charge in [0.25, 0.3) is 10.0 Å². The van der Waals surface area contributed by atoms with Crippen molar-refractivity contribution >= 4 is 49.6 Å². The van der Waals surface area contributed by atoms with Crippen molar-refractivity contribution in [1.82, 2.24) is 4.31 Å². The molecule has 2 aromatic rings. The van der Waals surface area contributed by atoms with Crippen LogP contribution >= 0.6 is 22.7 Å². The highest BCUT2D eigenvalue weighted by Crippen LogP contribution is 2.39. The van der Waals surface area contributed by atoms with Gasteiger partial charge in [-0.3, -0.25) is 4.79 Å². The second-order valence-electron chi connectivity index (χ2n) is 7.74. The van der Waals surface area contributed by atoms with Crippen molar-refractivity contribution in [3.63, 3.8) is 0 Å². The highest BCUT2D eigenvalue weighted by molar-refractivity contribution is 7.91. The predicted molar refractivity (Wildman–Crippen MR) is 121 cm³/mol. The Morgan fingerprint density at radius 2 is 1.97 bits per heavy atom. The summed E-state index contributed by atoms with van der Waals surface area (Å²) in [7, 11) is -3.49. The third-order valence-electron chi connectivity index (χ3n) is 5.80. The van der Waals surface area contributed by atoms with Crippen molar-refractivity contribution in [3.05, 3.63) is 33.5 Å². The van der Waals surface area contributed by atoms with Crippen LogP contribution in [-0.4, -0.2) is 44.3 Å². The van der Waals surface area contributed by atoms with E-state index < -0.39 is 10.0 Å². The number of rotatable bonds is 6. The molecule has 1 fully saturated rings. The van der Waals surface area contributed by atoms with Crippen LogP contribution in [0.5, 0.6) is 0 Å². The van der Waals surface area contributed by atoms with E-state index in [2.05, 4.69) is 5.32 Å². The summed E-state index contributed by atoms with van der Waals surface area (Å²) in [5.74, 6) is -0.824. The van der Waals surface area contributed by atoms with Crippen LogP contribution in [0.15, 0.2) is 21.7 Å². The lowest BCUT2D eigenvalue weighted by Gasteiger charge is -2.30. The van der Waals surface area contributed by atoms with Gasteiger partial charge in [-0.1, -0.05) is 6.07 Å². The number of amides is 1. The van der Waals surface area contributed by atoms with Crippen LogP contribution in [-0.2, 0) is 32.4 Å². The monoisotopic (exact) mass is 482 g/mol. The molecule has 0 atom stereocenters. The molecular formula is C21H26N2O5S3. The zero-order chi connectivity index (χ0) is 22.0. The Labute approximate surface area is 190 Å². The van der Waals surface area contributed by atoms with E-state index in [1.807, 2.05) is 0 Å². The van der Waals surface area contributed by atoms with Gasteiger partial charge >= 0.3 is 5.97 Å². The first-order valence-electron chi connectivity index (χ1n) is 10.6. The van der Waals surface area contributed by atoms with E-state index in [1.165, 1.54) is 27.0 Å². The largest absolute Gasteiger partial charge is 0.462 e. The molecule has 10 heteroatoms. The lowest BCUT2D eigenvalue weighted by molar-refractivity contribution is -0.120. The number of piperidine rings is 1. The molecule has 1 saturated heterocycles. The Morgan fingerprint density at radius 3 is 2.65 bits per heavy atom. The Balaban J connectivity index is 1.45. The number of thiophene rings is 2. The molecule has 0 bridgehead atoms. The summed E-state index contributed by atoms with van der Waals surface area (Å²) in [6.07, 6.45) is 4.77. The van der Waals surface area contributed by atoms with E-state index >= 15 is 0 Å². The number of esters is 1. The van der Waals surface area contributed by atoms with Crippen LogP contribution in [0.4, 0.5) is 5.00 Å². The molecule has 0 radical (unpaired) electrons. The van der Waals surface area contributed by atoms with Crippen LogP contribution in [0.3, 0.4) is 0 Å². The van der Waals surface area contributed by atoms with Crippen molar-refractivity contribution in [3.8, 4) is 0 Å². The Morgan fingerprint density at radius 1 is 1.23 bits per heavy atom. The van der Waals surface area contributed by atoms with E-state index in [-0.39, 0.29) is 24.4 Å². The molecule has 31 heavy (non-hydrogen) atoms. The fourth-order valence-corrected chi connectivity index (χ4v) is 8.08. The van der Waals surface area contributed by atoms with E-state index in [1.54, 1.807) is 24.4 Å². The van der Waals surface area contributed by atoms with Crippen molar-refractivity contribution in [1.29, 1.82) is 0 Å². The summed E-state index contributed by atoms with van der Waals surface area (Å²) in [6, 6.07) is 3.33. The summed E-state index contributed by atoms with van der Waals surface area (Å²) in [5, 5.41) is 5.29. The van der Waals surface area contributed by atoms with Gasteiger partial charge in [-0.2, -0.15) is 4.31 Å². The molecule has 4 rings (SSSR count). The number of carbonyl (C=O) groups is 2. The Kier molecular flexibility index (Phi) is 6.80. The molecule has 0 unspecified atom stereocenters. The van der Waals surface area contributed by atoms with E-state index in [0.717, 1.165) is 36.1 Å². The van der Waals surface area contributed by atoms with Crippen LogP contribution in [0.2, 0.25) is 0 Å². The number of hydrogen-bond donors (Lipinski definition) is 1. The minimum absolute atomic E-state index is 0.155. The minimum atomic E-state index is -3.49. The topological polar surface area (TPSA) is 92.8 Å². The number of nitrogens with zero attached hydrogens (tertiary/aromatic N) is 1. The van der Waals surface area contributed by atoms with Crippen LogP contribution in [0.25, 0.3) is 0 Å². The number of carbonyl (C=O) groups excluding carboxylic acids is 2.